The molecular formula is C18H13FO3. The maximum atomic E-state index is 13.4. The smallest absolute Gasteiger partial charge is 0.171 e. The Hall–Kier alpha value is -2.80. The van der Waals surface area contributed by atoms with Crippen LogP contribution in [0.4, 0.5) is 4.39 Å². The third-order valence-electron chi connectivity index (χ3n) is 3.46. The Labute approximate surface area is 127 Å². The molecule has 1 aliphatic rings. The number of methoxy groups -OCH3 is 1. The van der Waals surface area contributed by atoms with Crippen molar-refractivity contribution >= 4 is 5.78 Å². The molecule has 0 saturated carbocycles. The number of halogens is 1. The average molecular weight is 296 g/mol. The molecule has 0 fully saturated rings. The summed E-state index contributed by atoms with van der Waals surface area (Å²) in [5, 5.41) is 0. The number of carbonyl (C=O) groups excluding carboxylic acids is 1. The minimum atomic E-state index is -0.392. The zero-order chi connectivity index (χ0) is 15.7. The first-order valence-corrected chi connectivity index (χ1v) is 6.76. The van der Waals surface area contributed by atoms with Gasteiger partial charge >= 0.3 is 0 Å². The molecule has 22 heavy (non-hydrogen) atoms. The minimum Gasteiger partial charge on any atom is -0.495 e. The van der Waals surface area contributed by atoms with Gasteiger partial charge in [-0.15, -0.1) is 5.92 Å². The summed E-state index contributed by atoms with van der Waals surface area (Å²) in [6, 6.07) is 7.46. The van der Waals surface area contributed by atoms with Crippen LogP contribution in [0.15, 0.2) is 30.3 Å². The highest BCUT2D eigenvalue weighted by Gasteiger charge is 2.23. The Morgan fingerprint density at radius 3 is 2.77 bits per heavy atom. The van der Waals surface area contributed by atoms with E-state index in [1.54, 1.807) is 19.1 Å². The molecule has 0 bridgehead atoms. The fourth-order valence-corrected chi connectivity index (χ4v) is 2.44. The SMILES string of the molecule is CC#Cc1cc2c(cc1OC)Oc1ccc(F)cc1CC2=O. The number of hydrogen-bond acceptors (Lipinski definition) is 3. The van der Waals surface area contributed by atoms with Crippen molar-refractivity contribution in [3.05, 3.63) is 52.8 Å². The van der Waals surface area contributed by atoms with Crippen LogP contribution in [0.3, 0.4) is 0 Å². The zero-order valence-corrected chi connectivity index (χ0v) is 12.2. The van der Waals surface area contributed by atoms with Crippen LogP contribution in [0.1, 0.15) is 28.4 Å². The largest absolute Gasteiger partial charge is 0.495 e. The number of benzene rings is 2. The second-order valence-electron chi connectivity index (χ2n) is 4.88. The molecule has 1 heterocycles. The molecule has 3 rings (SSSR count). The van der Waals surface area contributed by atoms with E-state index < -0.39 is 5.82 Å². The number of Topliss-reactive ketones (excluding diaryl/α,β-unsaturated/α-hetero) is 1. The summed E-state index contributed by atoms with van der Waals surface area (Å²) < 4.78 is 24.4. The molecule has 0 unspecified atom stereocenters. The van der Waals surface area contributed by atoms with E-state index in [-0.39, 0.29) is 12.2 Å². The molecule has 0 N–H and O–H groups in total. The van der Waals surface area contributed by atoms with Gasteiger partial charge in [-0.25, -0.2) is 4.39 Å². The Balaban J connectivity index is 2.17. The van der Waals surface area contributed by atoms with Gasteiger partial charge in [0.15, 0.2) is 5.78 Å². The number of rotatable bonds is 1. The number of carbonyl (C=O) groups is 1. The summed E-state index contributed by atoms with van der Waals surface area (Å²) in [6.07, 6.45) is 0.0887. The fourth-order valence-electron chi connectivity index (χ4n) is 2.44. The lowest BCUT2D eigenvalue weighted by Crippen LogP contribution is -2.03. The molecule has 1 aliphatic heterocycles. The van der Waals surface area contributed by atoms with E-state index in [0.717, 1.165) is 0 Å². The van der Waals surface area contributed by atoms with Crippen molar-refractivity contribution in [3.8, 4) is 29.1 Å². The first-order valence-electron chi connectivity index (χ1n) is 6.76. The summed E-state index contributed by atoms with van der Waals surface area (Å²) in [6.45, 7) is 1.71. The van der Waals surface area contributed by atoms with Gasteiger partial charge in [-0.05, 0) is 31.2 Å². The van der Waals surface area contributed by atoms with Crippen molar-refractivity contribution in [3.63, 3.8) is 0 Å². The lowest BCUT2D eigenvalue weighted by atomic mass is 10.0. The van der Waals surface area contributed by atoms with Crippen molar-refractivity contribution in [2.45, 2.75) is 13.3 Å². The maximum Gasteiger partial charge on any atom is 0.171 e. The molecular weight excluding hydrogens is 283 g/mol. The van der Waals surface area contributed by atoms with Crippen LogP contribution in [-0.4, -0.2) is 12.9 Å². The van der Waals surface area contributed by atoms with E-state index in [4.69, 9.17) is 9.47 Å². The molecule has 0 saturated heterocycles. The molecule has 2 aromatic carbocycles. The van der Waals surface area contributed by atoms with Crippen LogP contribution in [0.25, 0.3) is 0 Å². The quantitative estimate of drug-likeness (QED) is 0.752. The van der Waals surface area contributed by atoms with Crippen molar-refractivity contribution in [2.75, 3.05) is 7.11 Å². The average Bonchev–Trinajstić information content (AvgIpc) is 2.63. The molecule has 0 radical (unpaired) electrons. The van der Waals surface area contributed by atoms with Gasteiger partial charge in [-0.3, -0.25) is 4.79 Å². The van der Waals surface area contributed by atoms with Gasteiger partial charge in [0, 0.05) is 18.1 Å². The number of ether oxygens (including phenoxy) is 2. The summed E-state index contributed by atoms with van der Waals surface area (Å²) in [5.74, 6) is 6.57. The first kappa shape index (κ1) is 14.2. The van der Waals surface area contributed by atoms with Gasteiger partial charge in [0.2, 0.25) is 0 Å². The van der Waals surface area contributed by atoms with Gasteiger partial charge in [0.05, 0.1) is 18.2 Å². The monoisotopic (exact) mass is 296 g/mol. The molecule has 0 spiro atoms. The van der Waals surface area contributed by atoms with Crippen molar-refractivity contribution in [2.24, 2.45) is 0 Å². The van der Waals surface area contributed by atoms with Crippen molar-refractivity contribution in [1.82, 2.24) is 0 Å². The summed E-state index contributed by atoms with van der Waals surface area (Å²) in [7, 11) is 1.53. The number of hydrogen-bond donors (Lipinski definition) is 0. The van der Waals surface area contributed by atoms with E-state index >= 15 is 0 Å². The second-order valence-corrected chi connectivity index (χ2v) is 4.88. The lowest BCUT2D eigenvalue weighted by molar-refractivity contribution is 0.0993. The lowest BCUT2D eigenvalue weighted by Gasteiger charge is -2.11. The molecule has 3 nitrogen and oxygen atoms in total. The van der Waals surface area contributed by atoms with Crippen LogP contribution in [0.2, 0.25) is 0 Å². The molecule has 0 atom stereocenters. The first-order chi connectivity index (χ1) is 10.6. The highest BCUT2D eigenvalue weighted by Crippen LogP contribution is 2.37. The van der Waals surface area contributed by atoms with Gasteiger partial charge in [0.1, 0.15) is 23.1 Å². The third kappa shape index (κ3) is 2.42. The minimum absolute atomic E-state index is 0.0887. The van der Waals surface area contributed by atoms with E-state index in [0.29, 0.717) is 33.9 Å². The predicted octanol–water partition coefficient (Wildman–Crippen LogP) is 3.74. The van der Waals surface area contributed by atoms with Gasteiger partial charge in [-0.2, -0.15) is 0 Å². The Bertz CT molecular complexity index is 828. The number of fused-ring (bicyclic) bond motifs is 2. The van der Waals surface area contributed by atoms with Gasteiger partial charge in [0.25, 0.3) is 0 Å². The van der Waals surface area contributed by atoms with E-state index in [2.05, 4.69) is 11.8 Å². The van der Waals surface area contributed by atoms with Crippen LogP contribution in [-0.2, 0) is 6.42 Å². The predicted molar refractivity (Wildman–Crippen MR) is 80.1 cm³/mol. The standard InChI is InChI=1S/C18H13FO3/c1-3-4-11-8-14-15(20)9-12-7-13(19)5-6-16(12)22-18(14)10-17(11)21-2/h5-8,10H,9H2,1-2H3. The summed E-state index contributed by atoms with van der Waals surface area (Å²) in [4.78, 5) is 12.4. The Morgan fingerprint density at radius 2 is 2.05 bits per heavy atom. The zero-order valence-electron chi connectivity index (χ0n) is 12.2. The highest BCUT2D eigenvalue weighted by molar-refractivity contribution is 6.01. The second kappa shape index (κ2) is 5.53. The Kier molecular flexibility index (Phi) is 3.56. The molecule has 4 heteroatoms. The molecule has 0 amide bonds. The van der Waals surface area contributed by atoms with Crippen LogP contribution < -0.4 is 9.47 Å². The van der Waals surface area contributed by atoms with E-state index in [9.17, 15) is 9.18 Å². The topological polar surface area (TPSA) is 35.5 Å². The third-order valence-corrected chi connectivity index (χ3v) is 3.46. The molecule has 0 aliphatic carbocycles. The van der Waals surface area contributed by atoms with Crippen molar-refractivity contribution in [1.29, 1.82) is 0 Å². The summed E-state index contributed by atoms with van der Waals surface area (Å²) in [5.41, 5.74) is 1.58. The molecule has 0 aromatic heterocycles. The number of ketones is 1. The van der Waals surface area contributed by atoms with Crippen LogP contribution in [0, 0.1) is 17.7 Å². The Morgan fingerprint density at radius 1 is 1.23 bits per heavy atom. The fraction of sp³-hybridized carbons (Fsp3) is 0.167. The van der Waals surface area contributed by atoms with E-state index in [1.165, 1.54) is 25.3 Å². The maximum absolute atomic E-state index is 13.4. The summed E-state index contributed by atoms with van der Waals surface area (Å²) >= 11 is 0. The van der Waals surface area contributed by atoms with Crippen LogP contribution >= 0.6 is 0 Å². The van der Waals surface area contributed by atoms with Gasteiger partial charge < -0.3 is 9.47 Å². The molecule has 2 aromatic rings. The van der Waals surface area contributed by atoms with Crippen molar-refractivity contribution < 1.29 is 18.7 Å². The van der Waals surface area contributed by atoms with Gasteiger partial charge in [-0.1, -0.05) is 5.92 Å². The van der Waals surface area contributed by atoms with Crippen LogP contribution in [0.5, 0.6) is 17.2 Å². The van der Waals surface area contributed by atoms with E-state index in [1.807, 2.05) is 0 Å². The normalized spacial score (nSPS) is 12.2. The highest BCUT2D eigenvalue weighted by atomic mass is 19.1. The molecule has 110 valence electrons.